The van der Waals surface area contributed by atoms with Crippen LogP contribution in [0, 0.1) is 0 Å². The zero-order chi connectivity index (χ0) is 13.3. The Morgan fingerprint density at radius 1 is 1.44 bits per heavy atom. The summed E-state index contributed by atoms with van der Waals surface area (Å²) < 4.78 is 13.9. The number of β-amino-alcohol motifs (C(OH)–C–C–N with tert-alkyl or cyclic N) is 1. The topological polar surface area (TPSA) is 66.8 Å². The molecule has 1 aliphatic heterocycles. The van der Waals surface area contributed by atoms with Gasteiger partial charge in [-0.1, -0.05) is 23.2 Å². The molecule has 2 N–H and O–H groups in total. The Balaban J connectivity index is 2.15. The van der Waals surface area contributed by atoms with Gasteiger partial charge in [0.1, 0.15) is 5.60 Å². The lowest BCUT2D eigenvalue weighted by molar-refractivity contribution is -0.000727. The molecule has 1 saturated heterocycles. The van der Waals surface area contributed by atoms with E-state index < -0.39 is 17.0 Å². The van der Waals surface area contributed by atoms with Gasteiger partial charge in [0.05, 0.1) is 29.5 Å². The van der Waals surface area contributed by atoms with Crippen LogP contribution in [-0.4, -0.2) is 44.4 Å². The summed E-state index contributed by atoms with van der Waals surface area (Å²) in [5.41, 5.74) is -1.17. The van der Waals surface area contributed by atoms with Crippen LogP contribution in [0.1, 0.15) is 6.42 Å². The van der Waals surface area contributed by atoms with E-state index >= 15 is 0 Å². The quantitative estimate of drug-likeness (QED) is 0.829. The lowest BCUT2D eigenvalue weighted by Gasteiger charge is -2.22. The summed E-state index contributed by atoms with van der Waals surface area (Å²) >= 11 is 10.3. The monoisotopic (exact) mass is 309 g/mol. The summed E-state index contributed by atoms with van der Waals surface area (Å²) in [6.45, 7) is 0.271. The average molecular weight is 310 g/mol. The van der Waals surface area contributed by atoms with Crippen molar-refractivity contribution in [2.24, 2.45) is 0 Å². The van der Waals surface area contributed by atoms with Crippen LogP contribution in [0.2, 0.25) is 10.0 Å². The lowest BCUT2D eigenvalue weighted by Crippen LogP contribution is -2.38. The molecule has 0 spiro atoms. The van der Waals surface area contributed by atoms with Crippen LogP contribution in [0.5, 0.6) is 0 Å². The first kappa shape index (κ1) is 14.4. The Morgan fingerprint density at radius 3 is 2.72 bits per heavy atom. The van der Waals surface area contributed by atoms with Crippen LogP contribution in [0.25, 0.3) is 0 Å². The summed E-state index contributed by atoms with van der Waals surface area (Å²) in [6.07, 6.45) is 0.389. The average Bonchev–Trinajstić information content (AvgIpc) is 2.72. The number of aliphatic hydroxyl groups excluding tert-OH is 1. The van der Waals surface area contributed by atoms with E-state index in [0.29, 0.717) is 27.9 Å². The van der Waals surface area contributed by atoms with E-state index in [4.69, 9.17) is 28.3 Å². The highest BCUT2D eigenvalue weighted by molar-refractivity contribution is 7.89. The number of nitrogens with zero attached hydrogens (tertiary/aromatic N) is 1. The van der Waals surface area contributed by atoms with Crippen LogP contribution < -0.4 is 0 Å². The summed E-state index contributed by atoms with van der Waals surface area (Å²) in [5, 5.41) is 19.8. The minimum absolute atomic E-state index is 0.162. The van der Waals surface area contributed by atoms with E-state index in [0.717, 1.165) is 0 Å². The second-order valence-corrected chi connectivity index (χ2v) is 6.62. The second-order valence-electron chi connectivity index (χ2n) is 4.32. The van der Waals surface area contributed by atoms with Gasteiger partial charge in [0, 0.05) is 11.6 Å². The molecule has 0 amide bonds. The molecule has 0 aliphatic carbocycles. The highest BCUT2D eigenvalue weighted by Gasteiger charge is 2.42. The van der Waals surface area contributed by atoms with Crippen molar-refractivity contribution in [3.63, 3.8) is 0 Å². The number of benzene rings is 1. The third kappa shape index (κ3) is 2.93. The van der Waals surface area contributed by atoms with Gasteiger partial charge in [-0.3, -0.25) is 0 Å². The van der Waals surface area contributed by atoms with Gasteiger partial charge in [0.2, 0.25) is 0 Å². The summed E-state index contributed by atoms with van der Waals surface area (Å²) in [5.74, 6) is 0. The highest BCUT2D eigenvalue weighted by Crippen LogP contribution is 2.31. The van der Waals surface area contributed by atoms with Crippen molar-refractivity contribution in [2.45, 2.75) is 16.9 Å². The van der Waals surface area contributed by atoms with Crippen molar-refractivity contribution in [3.05, 3.63) is 28.2 Å². The Morgan fingerprint density at radius 2 is 2.17 bits per heavy atom. The fourth-order valence-corrected chi connectivity index (χ4v) is 3.76. The molecule has 1 heterocycles. The molecule has 1 aromatic carbocycles. The molecule has 100 valence electrons. The largest absolute Gasteiger partial charge is 0.593 e. The van der Waals surface area contributed by atoms with Crippen LogP contribution in [-0.2, 0) is 11.4 Å². The summed E-state index contributed by atoms with van der Waals surface area (Å²) in [6, 6.07) is 4.76. The minimum atomic E-state index is -1.46. The SMILES string of the molecule is [O-][S+](c1ccc(Cl)cc1Cl)N1CC[C@@](O)(CO)C1. The molecule has 0 aromatic heterocycles. The molecule has 0 saturated carbocycles. The van der Waals surface area contributed by atoms with Gasteiger partial charge in [-0.2, -0.15) is 0 Å². The number of hydrogen-bond donors (Lipinski definition) is 2. The van der Waals surface area contributed by atoms with Crippen LogP contribution >= 0.6 is 23.2 Å². The van der Waals surface area contributed by atoms with E-state index in [9.17, 15) is 9.66 Å². The van der Waals surface area contributed by atoms with E-state index in [1.165, 1.54) is 6.07 Å². The third-order valence-corrected chi connectivity index (χ3v) is 5.08. The Bertz CT molecular complexity index is 448. The second kappa shape index (κ2) is 5.54. The van der Waals surface area contributed by atoms with Crippen LogP contribution in [0.3, 0.4) is 0 Å². The standard InChI is InChI=1S/C11H13Cl2NO3S/c12-8-1-2-10(9(13)5-8)18(17)14-4-3-11(16,6-14)7-15/h1-2,5,15-16H,3-4,6-7H2/t11-,18?/m0/s1. The van der Waals surface area contributed by atoms with E-state index in [1.807, 2.05) is 0 Å². The normalized spacial score (nSPS) is 26.5. The first-order valence-corrected chi connectivity index (χ1v) is 7.26. The molecule has 1 aromatic rings. The molecule has 1 aliphatic rings. The molecule has 1 fully saturated rings. The highest BCUT2D eigenvalue weighted by atomic mass is 35.5. The van der Waals surface area contributed by atoms with E-state index in [2.05, 4.69) is 0 Å². The van der Waals surface area contributed by atoms with Crippen LogP contribution in [0.4, 0.5) is 0 Å². The maximum atomic E-state index is 12.3. The molecule has 0 bridgehead atoms. The van der Waals surface area contributed by atoms with Gasteiger partial charge in [0.25, 0.3) is 0 Å². The molecule has 2 rings (SSSR count). The Kier molecular flexibility index (Phi) is 4.44. The molecular formula is C11H13Cl2NO3S. The number of hydrogen-bond acceptors (Lipinski definition) is 4. The minimum Gasteiger partial charge on any atom is -0.593 e. The van der Waals surface area contributed by atoms with Crippen LogP contribution in [0.15, 0.2) is 23.1 Å². The predicted octanol–water partition coefficient (Wildman–Crippen LogP) is 1.45. The van der Waals surface area contributed by atoms with Gasteiger partial charge in [-0.05, 0) is 24.6 Å². The number of rotatable bonds is 3. The number of aliphatic hydroxyl groups is 2. The molecule has 0 radical (unpaired) electrons. The molecule has 18 heavy (non-hydrogen) atoms. The van der Waals surface area contributed by atoms with Gasteiger partial charge >= 0.3 is 0 Å². The van der Waals surface area contributed by atoms with Crippen molar-refractivity contribution in [2.75, 3.05) is 19.7 Å². The van der Waals surface area contributed by atoms with Crippen molar-refractivity contribution in [3.8, 4) is 0 Å². The van der Waals surface area contributed by atoms with Gasteiger partial charge in [-0.25, -0.2) is 0 Å². The first-order chi connectivity index (χ1) is 8.45. The Hall–Kier alpha value is -0.0100. The molecule has 1 unspecified atom stereocenters. The Labute approximate surface area is 118 Å². The fourth-order valence-electron chi connectivity index (χ4n) is 1.85. The van der Waals surface area contributed by atoms with Crippen molar-refractivity contribution < 1.29 is 14.8 Å². The summed E-state index contributed by atoms with van der Waals surface area (Å²) in [7, 11) is 0. The van der Waals surface area contributed by atoms with E-state index in [1.54, 1.807) is 16.4 Å². The smallest absolute Gasteiger partial charge is 0.192 e. The van der Waals surface area contributed by atoms with E-state index in [-0.39, 0.29) is 13.2 Å². The van der Waals surface area contributed by atoms with Crippen molar-refractivity contribution in [1.29, 1.82) is 0 Å². The fraction of sp³-hybridized carbons (Fsp3) is 0.455. The van der Waals surface area contributed by atoms with Crippen molar-refractivity contribution in [1.82, 2.24) is 4.31 Å². The maximum Gasteiger partial charge on any atom is 0.192 e. The summed E-state index contributed by atoms with van der Waals surface area (Å²) in [4.78, 5) is 0.461. The van der Waals surface area contributed by atoms with Gasteiger partial charge in [0.15, 0.2) is 4.90 Å². The zero-order valence-electron chi connectivity index (χ0n) is 9.47. The number of halogens is 2. The lowest BCUT2D eigenvalue weighted by atomic mass is 10.1. The molecular weight excluding hydrogens is 297 g/mol. The molecule has 2 atom stereocenters. The third-order valence-electron chi connectivity index (χ3n) is 2.91. The zero-order valence-corrected chi connectivity index (χ0v) is 11.8. The predicted molar refractivity (Wildman–Crippen MR) is 71.1 cm³/mol. The molecule has 4 nitrogen and oxygen atoms in total. The maximum absolute atomic E-state index is 12.3. The molecule has 7 heteroatoms. The van der Waals surface area contributed by atoms with Crippen molar-refractivity contribution >= 4 is 34.6 Å². The van der Waals surface area contributed by atoms with Gasteiger partial charge < -0.3 is 14.8 Å². The first-order valence-electron chi connectivity index (χ1n) is 5.40. The van der Waals surface area contributed by atoms with Gasteiger partial charge in [-0.15, -0.1) is 4.31 Å².